The number of phenolic OH excluding ortho intramolecular Hbond substituents is 2. The van der Waals surface area contributed by atoms with Gasteiger partial charge < -0.3 is 31.2 Å². The summed E-state index contributed by atoms with van der Waals surface area (Å²) in [4.78, 5) is 0. The summed E-state index contributed by atoms with van der Waals surface area (Å²) in [5.74, 6) is 6.68. The van der Waals surface area contributed by atoms with Crippen molar-refractivity contribution < 1.29 is 19.7 Å². The Hall–Kier alpha value is -6.24. The van der Waals surface area contributed by atoms with Crippen LogP contribution in [0.1, 0.15) is 11.1 Å². The molecule has 0 atom stereocenters. The number of hydrogen-bond donors (Lipinski definition) is 4. The number of terminal acetylenes is 2. The standard InChI is InChI=1S/C36H24N2O4/c1-3-21-17-23-9-5-7-11-27(23)33(35(21)41-25-13-15-29(37)31(39)19-25)34-28-12-8-6-10-24(28)18-22(4-2)36(34)42-26-14-16-30(38)32(40)20-26/h1-2,5-20,39-40H,37-38H2. The Morgan fingerprint density at radius 1 is 0.548 bits per heavy atom. The number of anilines is 2. The van der Waals surface area contributed by atoms with Gasteiger partial charge in [0.2, 0.25) is 0 Å². The van der Waals surface area contributed by atoms with Crippen LogP contribution in [-0.2, 0) is 0 Å². The average Bonchev–Trinajstić information content (AvgIpc) is 3.00. The van der Waals surface area contributed by atoms with Crippen molar-refractivity contribution in [3.05, 3.63) is 108 Å². The van der Waals surface area contributed by atoms with Crippen molar-refractivity contribution in [2.45, 2.75) is 0 Å². The van der Waals surface area contributed by atoms with Crippen LogP contribution < -0.4 is 20.9 Å². The summed E-state index contributed by atoms with van der Waals surface area (Å²) in [6.07, 6.45) is 12.1. The number of phenols is 2. The predicted octanol–water partition coefficient (Wildman–Crippen LogP) is 7.78. The highest BCUT2D eigenvalue weighted by Crippen LogP contribution is 2.50. The number of rotatable bonds is 5. The Bertz CT molecular complexity index is 1970. The van der Waals surface area contributed by atoms with Gasteiger partial charge in [-0.25, -0.2) is 0 Å². The second kappa shape index (κ2) is 10.4. The van der Waals surface area contributed by atoms with Gasteiger partial charge in [-0.2, -0.15) is 0 Å². The minimum absolute atomic E-state index is 0.121. The summed E-state index contributed by atoms with van der Waals surface area (Å²) < 4.78 is 12.9. The van der Waals surface area contributed by atoms with E-state index in [1.807, 2.05) is 60.7 Å². The first-order chi connectivity index (χ1) is 20.4. The van der Waals surface area contributed by atoms with Gasteiger partial charge in [0, 0.05) is 23.3 Å². The molecule has 6 rings (SSSR count). The molecule has 0 amide bonds. The third kappa shape index (κ3) is 4.50. The van der Waals surface area contributed by atoms with Gasteiger partial charge in [-0.05, 0) is 57.9 Å². The van der Waals surface area contributed by atoms with Crippen LogP contribution in [0.25, 0.3) is 32.7 Å². The largest absolute Gasteiger partial charge is 0.506 e. The van der Waals surface area contributed by atoms with Gasteiger partial charge in [0.15, 0.2) is 11.5 Å². The van der Waals surface area contributed by atoms with E-state index in [0.29, 0.717) is 45.3 Å². The van der Waals surface area contributed by atoms with Crippen molar-refractivity contribution in [1.82, 2.24) is 0 Å². The average molecular weight is 549 g/mol. The molecule has 0 aliphatic carbocycles. The second-order valence-electron chi connectivity index (χ2n) is 9.63. The molecular formula is C36H24N2O4. The van der Waals surface area contributed by atoms with Crippen molar-refractivity contribution in [3.8, 4) is 70.3 Å². The first kappa shape index (κ1) is 26.0. The van der Waals surface area contributed by atoms with E-state index in [1.165, 1.54) is 12.1 Å². The summed E-state index contributed by atoms with van der Waals surface area (Å²) in [5, 5.41) is 24.0. The summed E-state index contributed by atoms with van der Waals surface area (Å²) in [7, 11) is 0. The molecule has 0 heterocycles. The van der Waals surface area contributed by atoms with Crippen LogP contribution in [0.4, 0.5) is 11.4 Å². The lowest BCUT2D eigenvalue weighted by Gasteiger charge is -2.22. The lowest BCUT2D eigenvalue weighted by atomic mass is 9.88. The first-order valence-corrected chi connectivity index (χ1v) is 13.0. The molecule has 0 radical (unpaired) electrons. The molecule has 0 aliphatic heterocycles. The molecule has 0 aliphatic rings. The van der Waals surface area contributed by atoms with Gasteiger partial charge in [0.1, 0.15) is 23.0 Å². The lowest BCUT2D eigenvalue weighted by molar-refractivity contribution is 0.454. The van der Waals surface area contributed by atoms with E-state index in [9.17, 15) is 10.2 Å². The molecule has 0 bridgehead atoms. The van der Waals surface area contributed by atoms with E-state index < -0.39 is 0 Å². The summed E-state index contributed by atoms with van der Waals surface area (Å²) in [6, 6.07) is 28.6. The van der Waals surface area contributed by atoms with Crippen LogP contribution in [0, 0.1) is 24.7 Å². The van der Waals surface area contributed by atoms with Crippen molar-refractivity contribution in [3.63, 3.8) is 0 Å². The zero-order valence-electron chi connectivity index (χ0n) is 22.3. The van der Waals surface area contributed by atoms with Crippen LogP contribution in [0.2, 0.25) is 0 Å². The molecular weight excluding hydrogens is 524 g/mol. The fourth-order valence-corrected chi connectivity index (χ4v) is 4.99. The highest BCUT2D eigenvalue weighted by molar-refractivity contribution is 6.11. The van der Waals surface area contributed by atoms with E-state index in [1.54, 1.807) is 24.3 Å². The fraction of sp³-hybridized carbons (Fsp3) is 0. The molecule has 0 fully saturated rings. The van der Waals surface area contributed by atoms with Gasteiger partial charge in [0.05, 0.1) is 22.5 Å². The maximum atomic E-state index is 10.3. The number of fused-ring (bicyclic) bond motifs is 2. The second-order valence-corrected chi connectivity index (χ2v) is 9.63. The zero-order valence-corrected chi connectivity index (χ0v) is 22.3. The number of aromatic hydroxyl groups is 2. The number of benzene rings is 6. The van der Waals surface area contributed by atoms with Crippen molar-refractivity contribution in [2.75, 3.05) is 11.5 Å². The Morgan fingerprint density at radius 3 is 1.33 bits per heavy atom. The molecule has 42 heavy (non-hydrogen) atoms. The molecule has 6 nitrogen and oxygen atoms in total. The molecule has 202 valence electrons. The van der Waals surface area contributed by atoms with E-state index in [-0.39, 0.29) is 22.9 Å². The molecule has 6 aromatic carbocycles. The summed E-state index contributed by atoms with van der Waals surface area (Å²) >= 11 is 0. The molecule has 6 heteroatoms. The van der Waals surface area contributed by atoms with Crippen LogP contribution in [0.3, 0.4) is 0 Å². The molecule has 0 unspecified atom stereocenters. The fourth-order valence-electron chi connectivity index (χ4n) is 4.99. The topological polar surface area (TPSA) is 111 Å². The normalized spacial score (nSPS) is 10.7. The molecule has 0 saturated carbocycles. The third-order valence-electron chi connectivity index (χ3n) is 7.01. The van der Waals surface area contributed by atoms with Gasteiger partial charge in [-0.1, -0.05) is 60.4 Å². The molecule has 0 spiro atoms. The van der Waals surface area contributed by atoms with Crippen LogP contribution >= 0.6 is 0 Å². The van der Waals surface area contributed by atoms with E-state index >= 15 is 0 Å². The van der Waals surface area contributed by atoms with Crippen molar-refractivity contribution in [2.24, 2.45) is 0 Å². The number of nitrogens with two attached hydrogens (primary N) is 2. The molecule has 6 aromatic rings. The van der Waals surface area contributed by atoms with Crippen molar-refractivity contribution in [1.29, 1.82) is 0 Å². The van der Waals surface area contributed by atoms with Crippen LogP contribution in [0.5, 0.6) is 34.5 Å². The summed E-state index contributed by atoms with van der Waals surface area (Å²) in [5.41, 5.74) is 14.4. The van der Waals surface area contributed by atoms with Crippen LogP contribution in [-0.4, -0.2) is 10.2 Å². The minimum Gasteiger partial charge on any atom is -0.506 e. The van der Waals surface area contributed by atoms with Gasteiger partial charge in [-0.15, -0.1) is 12.8 Å². The van der Waals surface area contributed by atoms with E-state index in [4.69, 9.17) is 33.8 Å². The quantitative estimate of drug-likeness (QED) is 0.0994. The minimum atomic E-state index is -0.121. The Labute approximate surface area is 242 Å². The van der Waals surface area contributed by atoms with Crippen LogP contribution in [0.15, 0.2) is 97.1 Å². The third-order valence-corrected chi connectivity index (χ3v) is 7.01. The summed E-state index contributed by atoms with van der Waals surface area (Å²) in [6.45, 7) is 0. The van der Waals surface area contributed by atoms with Gasteiger partial charge in [0.25, 0.3) is 0 Å². The molecule has 6 N–H and O–H groups in total. The zero-order chi connectivity index (χ0) is 29.4. The smallest absolute Gasteiger partial charge is 0.151 e. The van der Waals surface area contributed by atoms with E-state index in [0.717, 1.165) is 21.5 Å². The maximum absolute atomic E-state index is 10.3. The van der Waals surface area contributed by atoms with Crippen molar-refractivity contribution >= 4 is 32.9 Å². The number of hydrogen-bond acceptors (Lipinski definition) is 6. The van der Waals surface area contributed by atoms with Gasteiger partial charge in [-0.3, -0.25) is 0 Å². The highest BCUT2D eigenvalue weighted by Gasteiger charge is 2.25. The maximum Gasteiger partial charge on any atom is 0.151 e. The predicted molar refractivity (Wildman–Crippen MR) is 168 cm³/mol. The SMILES string of the molecule is C#Cc1cc2ccccc2c(-c2c(Oc3ccc(N)c(O)c3)c(C#C)cc3ccccc23)c1Oc1ccc(N)c(O)c1. The monoisotopic (exact) mass is 548 g/mol. The highest BCUT2D eigenvalue weighted by atomic mass is 16.5. The lowest BCUT2D eigenvalue weighted by Crippen LogP contribution is -1.99. The first-order valence-electron chi connectivity index (χ1n) is 13.0. The Morgan fingerprint density at radius 2 is 0.952 bits per heavy atom. The molecule has 0 saturated heterocycles. The van der Waals surface area contributed by atoms with E-state index in [2.05, 4.69) is 11.8 Å². The Balaban J connectivity index is 1.74. The number of ether oxygens (including phenoxy) is 2. The molecule has 0 aromatic heterocycles. The van der Waals surface area contributed by atoms with Gasteiger partial charge >= 0.3 is 0 Å². The Kier molecular flexibility index (Phi) is 6.43. The number of nitrogen functional groups attached to an aromatic ring is 2.